The number of benzene rings is 2. The van der Waals surface area contributed by atoms with Gasteiger partial charge in [0.25, 0.3) is 0 Å². The van der Waals surface area contributed by atoms with Gasteiger partial charge in [-0.25, -0.2) is 0 Å². The topological polar surface area (TPSA) is 12.0 Å². The smallest absolute Gasteiger partial charge is 0.313 e. The fraction of sp³-hybridized carbons (Fsp3) is 0.250. The van der Waals surface area contributed by atoms with Crippen LogP contribution in [-0.4, -0.2) is 6.54 Å². The van der Waals surface area contributed by atoms with Gasteiger partial charge >= 0.3 is 6.18 Å². The van der Waals surface area contributed by atoms with Crippen LogP contribution in [0.2, 0.25) is 0 Å². The first-order chi connectivity index (χ1) is 9.50. The van der Waals surface area contributed by atoms with Gasteiger partial charge in [0.1, 0.15) is 0 Å². The Labute approximate surface area is 116 Å². The monoisotopic (exact) mass is 279 g/mol. The van der Waals surface area contributed by atoms with Gasteiger partial charge in [-0.2, -0.15) is 13.2 Å². The zero-order valence-electron chi connectivity index (χ0n) is 11.2. The maximum atomic E-state index is 12.7. The maximum Gasteiger partial charge on any atom is 0.416 e. The van der Waals surface area contributed by atoms with Crippen molar-refractivity contribution in [3.63, 3.8) is 0 Å². The molecular formula is C16H16F3N. The third-order valence-electron chi connectivity index (χ3n) is 3.03. The summed E-state index contributed by atoms with van der Waals surface area (Å²) in [5, 5.41) is 3.20. The molecule has 0 unspecified atom stereocenters. The van der Waals surface area contributed by atoms with E-state index in [1.807, 2.05) is 31.2 Å². The van der Waals surface area contributed by atoms with Crippen molar-refractivity contribution in [2.75, 3.05) is 6.54 Å². The summed E-state index contributed by atoms with van der Waals surface area (Å²) < 4.78 is 38.2. The van der Waals surface area contributed by atoms with E-state index in [0.717, 1.165) is 23.7 Å². The molecular weight excluding hydrogens is 263 g/mol. The van der Waals surface area contributed by atoms with Crippen molar-refractivity contribution >= 4 is 0 Å². The number of nitrogens with one attached hydrogen (secondary N) is 1. The predicted molar refractivity (Wildman–Crippen MR) is 74.3 cm³/mol. The lowest BCUT2D eigenvalue weighted by atomic mass is 10.0. The summed E-state index contributed by atoms with van der Waals surface area (Å²) in [5.74, 6) is 0. The Bertz CT molecular complexity index is 576. The highest BCUT2D eigenvalue weighted by Gasteiger charge is 2.30. The summed E-state index contributed by atoms with van der Waals surface area (Å²) >= 11 is 0. The van der Waals surface area contributed by atoms with Crippen LogP contribution in [0.3, 0.4) is 0 Å². The number of alkyl halides is 3. The van der Waals surface area contributed by atoms with Crippen molar-refractivity contribution in [1.82, 2.24) is 5.32 Å². The Morgan fingerprint density at radius 3 is 2.25 bits per heavy atom. The summed E-state index contributed by atoms with van der Waals surface area (Å²) in [6.07, 6.45) is -4.31. The molecule has 0 radical (unpaired) electrons. The van der Waals surface area contributed by atoms with Gasteiger partial charge < -0.3 is 5.32 Å². The van der Waals surface area contributed by atoms with Crippen LogP contribution in [0.15, 0.2) is 48.5 Å². The summed E-state index contributed by atoms with van der Waals surface area (Å²) in [5.41, 5.74) is 1.82. The molecule has 1 N–H and O–H groups in total. The molecule has 0 aliphatic carbocycles. The first kappa shape index (κ1) is 14.6. The Hall–Kier alpha value is -1.81. The van der Waals surface area contributed by atoms with Crippen LogP contribution in [0.4, 0.5) is 13.2 Å². The van der Waals surface area contributed by atoms with Crippen LogP contribution in [-0.2, 0) is 12.7 Å². The molecule has 106 valence electrons. The summed E-state index contributed by atoms with van der Waals surface area (Å²) in [7, 11) is 0. The van der Waals surface area contributed by atoms with Gasteiger partial charge in [-0.05, 0) is 41.4 Å². The molecule has 4 heteroatoms. The Morgan fingerprint density at radius 1 is 0.950 bits per heavy atom. The molecule has 0 aromatic heterocycles. The molecule has 0 saturated heterocycles. The molecule has 20 heavy (non-hydrogen) atoms. The average Bonchev–Trinajstić information content (AvgIpc) is 2.45. The molecule has 1 nitrogen and oxygen atoms in total. The van der Waals surface area contributed by atoms with Crippen LogP contribution < -0.4 is 5.32 Å². The molecule has 2 rings (SSSR count). The molecule has 0 atom stereocenters. The fourth-order valence-electron chi connectivity index (χ4n) is 2.01. The number of hydrogen-bond acceptors (Lipinski definition) is 1. The normalized spacial score (nSPS) is 11.6. The minimum atomic E-state index is -4.31. The van der Waals surface area contributed by atoms with Gasteiger partial charge in [0.2, 0.25) is 0 Å². The van der Waals surface area contributed by atoms with Gasteiger partial charge in [-0.3, -0.25) is 0 Å². The molecule has 0 bridgehead atoms. The van der Waals surface area contributed by atoms with Gasteiger partial charge in [0, 0.05) is 6.54 Å². The molecule has 0 aliphatic heterocycles. The Morgan fingerprint density at radius 2 is 1.60 bits per heavy atom. The first-order valence-corrected chi connectivity index (χ1v) is 6.48. The van der Waals surface area contributed by atoms with E-state index < -0.39 is 11.7 Å². The predicted octanol–water partition coefficient (Wildman–Crippen LogP) is 4.48. The lowest BCUT2D eigenvalue weighted by Gasteiger charge is -2.10. The quantitative estimate of drug-likeness (QED) is 0.870. The summed E-state index contributed by atoms with van der Waals surface area (Å²) in [6, 6.07) is 13.0. The van der Waals surface area contributed by atoms with E-state index in [0.29, 0.717) is 12.1 Å². The van der Waals surface area contributed by atoms with Crippen molar-refractivity contribution in [2.45, 2.75) is 19.6 Å². The van der Waals surface area contributed by atoms with Crippen molar-refractivity contribution in [3.05, 3.63) is 59.7 Å². The van der Waals surface area contributed by atoms with Crippen LogP contribution in [0.1, 0.15) is 18.1 Å². The van der Waals surface area contributed by atoms with Crippen LogP contribution in [0.5, 0.6) is 0 Å². The van der Waals surface area contributed by atoms with E-state index in [4.69, 9.17) is 0 Å². The van der Waals surface area contributed by atoms with Gasteiger partial charge in [-0.1, -0.05) is 37.3 Å². The SMILES string of the molecule is CCNCc1cccc(-c2cccc(C(F)(F)F)c2)c1. The molecule has 2 aromatic rings. The van der Waals surface area contributed by atoms with Gasteiger partial charge in [0.15, 0.2) is 0 Å². The minimum absolute atomic E-state index is 0.582. The second-order valence-corrected chi connectivity index (χ2v) is 4.56. The third kappa shape index (κ3) is 3.61. The van der Waals surface area contributed by atoms with Crippen LogP contribution in [0.25, 0.3) is 11.1 Å². The Kier molecular flexibility index (Phi) is 4.45. The van der Waals surface area contributed by atoms with Crippen molar-refractivity contribution in [1.29, 1.82) is 0 Å². The molecule has 0 aliphatic rings. The van der Waals surface area contributed by atoms with Gasteiger partial charge in [-0.15, -0.1) is 0 Å². The zero-order valence-corrected chi connectivity index (χ0v) is 11.2. The molecule has 0 heterocycles. The van der Waals surface area contributed by atoms with Crippen LogP contribution in [0, 0.1) is 0 Å². The van der Waals surface area contributed by atoms with Crippen LogP contribution >= 0.6 is 0 Å². The number of rotatable bonds is 4. The fourth-order valence-corrected chi connectivity index (χ4v) is 2.01. The number of halogens is 3. The molecule has 0 amide bonds. The largest absolute Gasteiger partial charge is 0.416 e. The number of hydrogen-bond donors (Lipinski definition) is 1. The lowest BCUT2D eigenvalue weighted by Crippen LogP contribution is -2.11. The Balaban J connectivity index is 2.32. The van der Waals surface area contributed by atoms with E-state index in [1.54, 1.807) is 6.07 Å². The molecule has 2 aromatic carbocycles. The van der Waals surface area contributed by atoms with Gasteiger partial charge in [0.05, 0.1) is 5.56 Å². The van der Waals surface area contributed by atoms with Crippen molar-refractivity contribution < 1.29 is 13.2 Å². The average molecular weight is 279 g/mol. The molecule has 0 saturated carbocycles. The lowest BCUT2D eigenvalue weighted by molar-refractivity contribution is -0.137. The highest BCUT2D eigenvalue weighted by atomic mass is 19.4. The van der Waals surface area contributed by atoms with E-state index in [9.17, 15) is 13.2 Å². The maximum absolute atomic E-state index is 12.7. The van der Waals surface area contributed by atoms with E-state index >= 15 is 0 Å². The second-order valence-electron chi connectivity index (χ2n) is 4.56. The summed E-state index contributed by atoms with van der Waals surface area (Å²) in [4.78, 5) is 0. The van der Waals surface area contributed by atoms with Crippen molar-refractivity contribution in [3.8, 4) is 11.1 Å². The van der Waals surface area contributed by atoms with Crippen molar-refractivity contribution in [2.24, 2.45) is 0 Å². The summed E-state index contributed by atoms with van der Waals surface area (Å²) in [6.45, 7) is 3.58. The standard InChI is InChI=1S/C16H16F3N/c1-2-20-11-12-5-3-6-13(9-12)14-7-4-8-15(10-14)16(17,18)19/h3-10,20H,2,11H2,1H3. The third-order valence-corrected chi connectivity index (χ3v) is 3.03. The van der Waals surface area contributed by atoms with E-state index in [2.05, 4.69) is 5.32 Å². The minimum Gasteiger partial charge on any atom is -0.313 e. The highest BCUT2D eigenvalue weighted by molar-refractivity contribution is 5.65. The second kappa shape index (κ2) is 6.09. The molecule has 0 fully saturated rings. The molecule has 0 spiro atoms. The van der Waals surface area contributed by atoms with E-state index in [-0.39, 0.29) is 0 Å². The zero-order chi connectivity index (χ0) is 14.6. The first-order valence-electron chi connectivity index (χ1n) is 6.48. The van der Waals surface area contributed by atoms with E-state index in [1.165, 1.54) is 12.1 Å². The highest BCUT2D eigenvalue weighted by Crippen LogP contribution is 2.32.